The number of hydrogen-bond donors (Lipinski definition) is 3. The first-order valence-electron chi connectivity index (χ1n) is 8.47. The number of nitrogens with zero attached hydrogens (tertiary/aromatic N) is 1. The van der Waals surface area contributed by atoms with E-state index in [1.165, 1.54) is 0 Å². The van der Waals surface area contributed by atoms with E-state index in [0.717, 1.165) is 60.9 Å². The van der Waals surface area contributed by atoms with E-state index in [9.17, 15) is 9.90 Å². The highest BCUT2D eigenvalue weighted by Gasteiger charge is 2.24. The van der Waals surface area contributed by atoms with Gasteiger partial charge in [0.2, 0.25) is 0 Å². The number of carbonyl (C=O) groups excluding carboxylic acids is 1. The third-order valence-electron chi connectivity index (χ3n) is 4.62. The minimum Gasteiger partial charge on any atom is -0.392 e. The van der Waals surface area contributed by atoms with E-state index < -0.39 is 0 Å². The lowest BCUT2D eigenvalue weighted by Crippen LogP contribution is -2.35. The number of anilines is 1. The van der Waals surface area contributed by atoms with Gasteiger partial charge in [0.25, 0.3) is 5.91 Å². The van der Waals surface area contributed by atoms with Gasteiger partial charge >= 0.3 is 0 Å². The van der Waals surface area contributed by atoms with Crippen molar-refractivity contribution >= 4 is 23.2 Å². The third kappa shape index (κ3) is 3.37. The minimum atomic E-state index is -0.110. The van der Waals surface area contributed by atoms with E-state index in [2.05, 4.69) is 21.3 Å². The number of benzene rings is 1. The maximum absolute atomic E-state index is 12.3. The number of aliphatic hydroxyl groups excluding tert-OH is 1. The Labute approximate surface area is 146 Å². The molecule has 3 heterocycles. The monoisotopic (exact) mass is 339 g/mol. The first-order chi connectivity index (χ1) is 12.2. The first-order valence-corrected chi connectivity index (χ1v) is 8.47. The molecule has 1 fully saturated rings. The molecule has 1 saturated heterocycles. The maximum atomic E-state index is 12.3. The zero-order valence-corrected chi connectivity index (χ0v) is 13.9. The van der Waals surface area contributed by atoms with Crippen molar-refractivity contribution in [3.63, 3.8) is 0 Å². The highest BCUT2D eigenvalue weighted by Crippen LogP contribution is 2.34. The number of aliphatic hydroxyl groups is 1. The second-order valence-corrected chi connectivity index (χ2v) is 6.40. The first kappa shape index (κ1) is 16.1. The molecule has 6 heteroatoms. The molecule has 1 aromatic heterocycles. The summed E-state index contributed by atoms with van der Waals surface area (Å²) in [6.45, 7) is 4.25. The van der Waals surface area contributed by atoms with Crippen LogP contribution in [0.15, 0.2) is 30.5 Å². The number of aromatic nitrogens is 1. The van der Waals surface area contributed by atoms with Crippen LogP contribution < -0.4 is 5.32 Å². The SMILES string of the molecule is O=C1Nc2ccc(CO)cc2C1=Cc1c[nH]c(CN2CCOCC2)c1. The predicted molar refractivity (Wildman–Crippen MR) is 95.8 cm³/mol. The van der Waals surface area contributed by atoms with Crippen molar-refractivity contribution in [1.29, 1.82) is 0 Å². The molecule has 0 aliphatic carbocycles. The Morgan fingerprint density at radius 3 is 2.88 bits per heavy atom. The summed E-state index contributed by atoms with van der Waals surface area (Å²) in [6.07, 6.45) is 3.81. The molecule has 1 aromatic carbocycles. The molecule has 1 amide bonds. The molecule has 2 aromatic rings. The number of rotatable bonds is 4. The molecule has 0 spiro atoms. The molecule has 0 radical (unpaired) electrons. The van der Waals surface area contributed by atoms with E-state index in [1.807, 2.05) is 30.5 Å². The second-order valence-electron chi connectivity index (χ2n) is 6.40. The van der Waals surface area contributed by atoms with Crippen LogP contribution in [0.4, 0.5) is 5.69 Å². The fourth-order valence-corrected chi connectivity index (χ4v) is 3.28. The molecule has 25 heavy (non-hydrogen) atoms. The minimum absolute atomic E-state index is 0.0391. The number of fused-ring (bicyclic) bond motifs is 1. The van der Waals surface area contributed by atoms with Gasteiger partial charge in [0.05, 0.1) is 19.8 Å². The molecule has 0 saturated carbocycles. The molecule has 0 unspecified atom stereocenters. The van der Waals surface area contributed by atoms with Gasteiger partial charge in [-0.25, -0.2) is 0 Å². The van der Waals surface area contributed by atoms with Crippen LogP contribution in [0.5, 0.6) is 0 Å². The van der Waals surface area contributed by atoms with E-state index in [-0.39, 0.29) is 12.5 Å². The zero-order valence-electron chi connectivity index (χ0n) is 13.9. The maximum Gasteiger partial charge on any atom is 0.256 e. The smallest absolute Gasteiger partial charge is 0.256 e. The number of nitrogens with one attached hydrogen (secondary N) is 2. The quantitative estimate of drug-likeness (QED) is 0.743. The van der Waals surface area contributed by atoms with Crippen LogP contribution >= 0.6 is 0 Å². The number of ether oxygens (including phenoxy) is 1. The molecule has 3 N–H and O–H groups in total. The molecule has 0 atom stereocenters. The molecule has 2 aliphatic heterocycles. The second kappa shape index (κ2) is 6.84. The van der Waals surface area contributed by atoms with Gasteiger partial charge < -0.3 is 20.1 Å². The van der Waals surface area contributed by atoms with Gasteiger partial charge in [-0.3, -0.25) is 9.69 Å². The number of amides is 1. The summed E-state index contributed by atoms with van der Waals surface area (Å²) in [4.78, 5) is 17.9. The largest absolute Gasteiger partial charge is 0.392 e. The molecule has 4 rings (SSSR count). The summed E-state index contributed by atoms with van der Waals surface area (Å²) in [5.41, 5.74) is 5.14. The Bertz CT molecular complexity index is 819. The third-order valence-corrected chi connectivity index (χ3v) is 4.62. The molecule has 2 aliphatic rings. The number of H-pyrrole nitrogens is 1. The normalized spacial score (nSPS) is 19.2. The predicted octanol–water partition coefficient (Wildman–Crippen LogP) is 1.83. The zero-order chi connectivity index (χ0) is 17.2. The van der Waals surface area contributed by atoms with Crippen molar-refractivity contribution in [1.82, 2.24) is 9.88 Å². The van der Waals surface area contributed by atoms with Gasteiger partial charge in [-0.05, 0) is 35.4 Å². The summed E-state index contributed by atoms with van der Waals surface area (Å²) >= 11 is 0. The number of aromatic amines is 1. The van der Waals surface area contributed by atoms with Crippen LogP contribution in [0.2, 0.25) is 0 Å². The average molecular weight is 339 g/mol. The van der Waals surface area contributed by atoms with Gasteiger partial charge in [-0.2, -0.15) is 0 Å². The highest BCUT2D eigenvalue weighted by atomic mass is 16.5. The van der Waals surface area contributed by atoms with Crippen LogP contribution in [-0.2, 0) is 22.7 Å². The lowest BCUT2D eigenvalue weighted by Gasteiger charge is -2.25. The summed E-state index contributed by atoms with van der Waals surface area (Å²) < 4.78 is 5.37. The summed E-state index contributed by atoms with van der Waals surface area (Å²) in [7, 11) is 0. The number of hydrogen-bond acceptors (Lipinski definition) is 4. The summed E-state index contributed by atoms with van der Waals surface area (Å²) in [6, 6.07) is 7.59. The molecular weight excluding hydrogens is 318 g/mol. The Kier molecular flexibility index (Phi) is 4.40. The summed E-state index contributed by atoms with van der Waals surface area (Å²) in [5.74, 6) is -0.110. The van der Waals surface area contributed by atoms with Crippen LogP contribution in [0.25, 0.3) is 11.6 Å². The van der Waals surface area contributed by atoms with Crippen molar-refractivity contribution in [2.24, 2.45) is 0 Å². The van der Waals surface area contributed by atoms with Crippen LogP contribution in [-0.4, -0.2) is 47.2 Å². The standard InChI is InChI=1S/C19H21N3O3/c23-12-13-1-2-18-16(8-13)17(19(24)21-18)9-14-7-15(20-10-14)11-22-3-5-25-6-4-22/h1-2,7-10,20,23H,3-6,11-12H2,(H,21,24). The summed E-state index contributed by atoms with van der Waals surface area (Å²) in [5, 5.41) is 12.2. The van der Waals surface area contributed by atoms with E-state index >= 15 is 0 Å². The Morgan fingerprint density at radius 2 is 2.08 bits per heavy atom. The van der Waals surface area contributed by atoms with Crippen molar-refractivity contribution in [3.05, 3.63) is 52.8 Å². The van der Waals surface area contributed by atoms with Crippen LogP contribution in [0, 0.1) is 0 Å². The molecular formula is C19H21N3O3. The lowest BCUT2D eigenvalue weighted by molar-refractivity contribution is -0.110. The van der Waals surface area contributed by atoms with E-state index in [1.54, 1.807) is 0 Å². The fourth-order valence-electron chi connectivity index (χ4n) is 3.28. The van der Waals surface area contributed by atoms with E-state index in [0.29, 0.717) is 5.57 Å². The number of morpholine rings is 1. The molecule has 0 bridgehead atoms. The Balaban J connectivity index is 1.56. The van der Waals surface area contributed by atoms with Gasteiger partial charge in [-0.15, -0.1) is 0 Å². The highest BCUT2D eigenvalue weighted by molar-refractivity contribution is 6.34. The van der Waals surface area contributed by atoms with Gasteiger partial charge in [0.1, 0.15) is 0 Å². The van der Waals surface area contributed by atoms with Gasteiger partial charge in [-0.1, -0.05) is 6.07 Å². The molecule has 6 nitrogen and oxygen atoms in total. The molecule has 130 valence electrons. The Morgan fingerprint density at radius 1 is 1.24 bits per heavy atom. The van der Waals surface area contributed by atoms with E-state index in [4.69, 9.17) is 4.74 Å². The average Bonchev–Trinajstić information content (AvgIpc) is 3.20. The number of carbonyl (C=O) groups is 1. The van der Waals surface area contributed by atoms with Gasteiger partial charge in [0.15, 0.2) is 0 Å². The van der Waals surface area contributed by atoms with Crippen molar-refractivity contribution in [2.75, 3.05) is 31.6 Å². The lowest BCUT2D eigenvalue weighted by atomic mass is 10.0. The van der Waals surface area contributed by atoms with Crippen molar-refractivity contribution in [2.45, 2.75) is 13.2 Å². The fraction of sp³-hybridized carbons (Fsp3) is 0.316. The van der Waals surface area contributed by atoms with Crippen molar-refractivity contribution in [3.8, 4) is 0 Å². The van der Waals surface area contributed by atoms with Crippen molar-refractivity contribution < 1.29 is 14.6 Å². The topological polar surface area (TPSA) is 77.6 Å². The van der Waals surface area contributed by atoms with Crippen LogP contribution in [0.3, 0.4) is 0 Å². The van der Waals surface area contributed by atoms with Gasteiger partial charge in [0, 0.05) is 48.3 Å². The Hall–Kier alpha value is -2.41. The van der Waals surface area contributed by atoms with Crippen LogP contribution in [0.1, 0.15) is 22.4 Å².